The molecule has 0 heterocycles. The molecule has 0 aliphatic heterocycles. The van der Waals surface area contributed by atoms with Gasteiger partial charge in [-0.15, -0.1) is 0 Å². The molecule has 0 atom stereocenters. The van der Waals surface area contributed by atoms with Gasteiger partial charge in [-0.3, -0.25) is 0 Å². The van der Waals surface area contributed by atoms with Crippen LogP contribution in [0.5, 0.6) is 0 Å². The zero-order chi connectivity index (χ0) is 36.6. The average molecular weight is 740 g/mol. The second-order valence-corrected chi connectivity index (χ2v) is 25.7. The van der Waals surface area contributed by atoms with Gasteiger partial charge in [0.15, 0.2) is 0 Å². The van der Waals surface area contributed by atoms with Gasteiger partial charge >= 0.3 is 314 Å². The van der Waals surface area contributed by atoms with Gasteiger partial charge in [-0.05, 0) is 0 Å². The van der Waals surface area contributed by atoms with E-state index in [1.54, 1.807) is 14.3 Å². The van der Waals surface area contributed by atoms with Gasteiger partial charge < -0.3 is 0 Å². The Morgan fingerprint density at radius 2 is 0.840 bits per heavy atom. The zero-order valence-electron chi connectivity index (χ0n) is 33.4. The van der Waals surface area contributed by atoms with Gasteiger partial charge in [0, 0.05) is 0 Å². The van der Waals surface area contributed by atoms with Gasteiger partial charge in [0.05, 0.1) is 0 Å². The van der Waals surface area contributed by atoms with E-state index >= 15 is 0 Å². The van der Waals surface area contributed by atoms with Crippen LogP contribution in [-0.4, -0.2) is 3.21 Å². The predicted octanol–water partition coefficient (Wildman–Crippen LogP) is 13.4. The molecule has 0 aromatic heterocycles. The standard InChI is InChI=1S/C23H29.C21H26.C5H5.Zr/c1-14-9-16-11-17-10-15(2)21(23(6,7)8)13-19(17)18(16)12-20(14)22(3,4)5;1-20(2,3)18-11-7-16(8-12-18)15-17-9-13-19(14-10-17)21(4,5)6;1-2-4-5-3-1;/h9-13H,1-8H3;7-14H,1-6H3;1-5H;. The van der Waals surface area contributed by atoms with Crippen LogP contribution in [0.1, 0.15) is 142 Å². The molecule has 0 N–H and O–H groups in total. The molecule has 0 nitrogen and oxygen atoms in total. The summed E-state index contributed by atoms with van der Waals surface area (Å²) in [5.41, 5.74) is 17.8. The molecule has 4 aromatic carbocycles. The van der Waals surface area contributed by atoms with Crippen LogP contribution >= 0.6 is 0 Å². The van der Waals surface area contributed by atoms with Crippen LogP contribution in [0, 0.1) is 13.8 Å². The van der Waals surface area contributed by atoms with Crippen molar-refractivity contribution < 1.29 is 21.3 Å². The second-order valence-electron chi connectivity index (χ2n) is 19.2. The van der Waals surface area contributed by atoms with Crippen molar-refractivity contribution in [3.05, 3.63) is 153 Å². The normalized spacial score (nSPS) is 15.1. The maximum absolute atomic E-state index is 2.79. The van der Waals surface area contributed by atoms with E-state index in [4.69, 9.17) is 0 Å². The van der Waals surface area contributed by atoms with Crippen LogP contribution in [0.2, 0.25) is 3.63 Å². The van der Waals surface area contributed by atoms with E-state index in [9.17, 15) is 0 Å². The van der Waals surface area contributed by atoms with E-state index in [-0.39, 0.29) is 21.7 Å². The molecule has 0 saturated carbocycles. The molecule has 260 valence electrons. The molecule has 0 spiro atoms. The SMILES string of the molecule is Cc1cc2c(cc1C(C)(C)C)-c1cc(C(C)(C)C)c(C)cc1[CH]2[Zr](=[C](c1ccc(C(C)(C)C)cc1)c1ccc(C(C)(C)C)cc1)[CH]1C=CC=C1. The monoisotopic (exact) mass is 738 g/mol. The Balaban J connectivity index is 1.74. The first-order valence-electron chi connectivity index (χ1n) is 18.8. The zero-order valence-corrected chi connectivity index (χ0v) is 35.9. The summed E-state index contributed by atoms with van der Waals surface area (Å²) in [7, 11) is 0. The number of hydrogen-bond acceptors (Lipinski definition) is 0. The average Bonchev–Trinajstić information content (AvgIpc) is 3.64. The van der Waals surface area contributed by atoms with Crippen molar-refractivity contribution >= 4 is 3.21 Å². The van der Waals surface area contributed by atoms with Crippen molar-refractivity contribution in [1.82, 2.24) is 0 Å². The van der Waals surface area contributed by atoms with Gasteiger partial charge in [-0.25, -0.2) is 0 Å². The third-order valence-electron chi connectivity index (χ3n) is 11.1. The Labute approximate surface area is 312 Å². The first-order chi connectivity index (χ1) is 23.2. The maximum atomic E-state index is 2.61. The van der Waals surface area contributed by atoms with Crippen molar-refractivity contribution in [3.8, 4) is 11.1 Å². The molecule has 4 aromatic rings. The van der Waals surface area contributed by atoms with Gasteiger partial charge in [0.1, 0.15) is 0 Å². The van der Waals surface area contributed by atoms with Crippen LogP contribution in [0.15, 0.2) is 97.1 Å². The minimum absolute atomic E-state index is 0.0777. The molecular weight excluding hydrogens is 680 g/mol. The minimum atomic E-state index is -2.79. The van der Waals surface area contributed by atoms with Crippen molar-refractivity contribution in [3.63, 3.8) is 0 Å². The van der Waals surface area contributed by atoms with Crippen molar-refractivity contribution in [2.75, 3.05) is 0 Å². The number of hydrogen-bond donors (Lipinski definition) is 0. The molecule has 2 aliphatic carbocycles. The summed E-state index contributed by atoms with van der Waals surface area (Å²) >= 11 is -2.79. The quantitative estimate of drug-likeness (QED) is 0.195. The molecule has 50 heavy (non-hydrogen) atoms. The summed E-state index contributed by atoms with van der Waals surface area (Å²) in [4.78, 5) is 0. The third kappa shape index (κ3) is 6.98. The first kappa shape index (κ1) is 36.9. The molecule has 0 unspecified atom stereocenters. The summed E-state index contributed by atoms with van der Waals surface area (Å²) in [6.07, 6.45) is 9.69. The Morgan fingerprint density at radius 1 is 0.480 bits per heavy atom. The van der Waals surface area contributed by atoms with E-state index in [0.29, 0.717) is 7.25 Å². The van der Waals surface area contributed by atoms with Crippen LogP contribution in [0.3, 0.4) is 0 Å². The second kappa shape index (κ2) is 13.0. The third-order valence-corrected chi connectivity index (χ3v) is 19.7. The number of fused-ring (bicyclic) bond motifs is 3. The van der Waals surface area contributed by atoms with Crippen LogP contribution in [0.25, 0.3) is 11.1 Å². The van der Waals surface area contributed by atoms with Crippen molar-refractivity contribution in [2.24, 2.45) is 0 Å². The van der Waals surface area contributed by atoms with Crippen molar-refractivity contribution in [1.29, 1.82) is 0 Å². The molecule has 1 heteroatoms. The summed E-state index contributed by atoms with van der Waals surface area (Å²) < 4.78 is 2.50. The summed E-state index contributed by atoms with van der Waals surface area (Å²) in [5, 5.41) is 0. The van der Waals surface area contributed by atoms with Crippen LogP contribution in [-0.2, 0) is 42.9 Å². The first-order valence-corrected chi connectivity index (χ1v) is 22.8. The van der Waals surface area contributed by atoms with Gasteiger partial charge in [0.2, 0.25) is 0 Å². The van der Waals surface area contributed by atoms with Crippen LogP contribution in [0.4, 0.5) is 0 Å². The topological polar surface area (TPSA) is 0 Å². The molecule has 0 amide bonds. The van der Waals surface area contributed by atoms with Crippen molar-refractivity contribution in [2.45, 2.75) is 126 Å². The Hall–Kier alpha value is -2.89. The number of allylic oxidation sites excluding steroid dienone is 4. The molecule has 0 bridgehead atoms. The summed E-state index contributed by atoms with van der Waals surface area (Å²) in [6, 6.07) is 29.8. The Morgan fingerprint density at radius 3 is 1.16 bits per heavy atom. The molecule has 6 rings (SSSR count). The Bertz CT molecular complexity index is 1870. The van der Waals surface area contributed by atoms with E-state index in [1.165, 1.54) is 55.6 Å². The van der Waals surface area contributed by atoms with Gasteiger partial charge in [-0.1, -0.05) is 0 Å². The molecule has 0 saturated heterocycles. The summed E-state index contributed by atoms with van der Waals surface area (Å²) in [6.45, 7) is 32.9. The van der Waals surface area contributed by atoms with Gasteiger partial charge in [-0.2, -0.15) is 0 Å². The van der Waals surface area contributed by atoms with E-state index in [0.717, 1.165) is 0 Å². The molecule has 2 aliphatic rings. The van der Waals surface area contributed by atoms with E-state index in [1.807, 2.05) is 0 Å². The predicted molar refractivity (Wildman–Crippen MR) is 216 cm³/mol. The number of aryl methyl sites for hydroxylation is 2. The fourth-order valence-corrected chi connectivity index (χ4v) is 17.8. The Kier molecular flexibility index (Phi) is 9.56. The molecule has 0 radical (unpaired) electrons. The van der Waals surface area contributed by atoms with E-state index in [2.05, 4.69) is 194 Å². The van der Waals surface area contributed by atoms with E-state index < -0.39 is 21.3 Å². The molecule has 0 fully saturated rings. The summed E-state index contributed by atoms with van der Waals surface area (Å²) in [5.74, 6) is 0. The number of rotatable bonds is 4. The fourth-order valence-electron chi connectivity index (χ4n) is 8.44. The fraction of sp³-hybridized carbons (Fsp3) is 0.408. The molecular formula is C49H60Zr. The van der Waals surface area contributed by atoms with Gasteiger partial charge in [0.25, 0.3) is 0 Å². The van der Waals surface area contributed by atoms with Crippen LogP contribution < -0.4 is 0 Å². The number of benzene rings is 4.